The molecule has 27 heavy (non-hydrogen) atoms. The molecule has 0 heterocycles. The number of hydrogen-bond donors (Lipinski definition) is 1. The minimum absolute atomic E-state index is 0.0564. The van der Waals surface area contributed by atoms with Crippen LogP contribution in [-0.4, -0.2) is 19.1 Å². The zero-order valence-corrected chi connectivity index (χ0v) is 17.0. The van der Waals surface area contributed by atoms with Gasteiger partial charge in [0.1, 0.15) is 11.5 Å². The van der Waals surface area contributed by atoms with E-state index in [4.69, 9.17) is 9.47 Å². The van der Waals surface area contributed by atoms with Crippen LogP contribution in [0.2, 0.25) is 0 Å². The molecule has 0 aliphatic rings. The maximum absolute atomic E-state index is 12.9. The molecule has 0 saturated heterocycles. The molecule has 146 valence electrons. The van der Waals surface area contributed by atoms with Gasteiger partial charge in [0, 0.05) is 0 Å². The van der Waals surface area contributed by atoms with E-state index in [1.54, 1.807) is 7.11 Å². The molecule has 0 fully saturated rings. The number of aryl methyl sites for hydroxylation is 1. The van der Waals surface area contributed by atoms with Gasteiger partial charge in [0.15, 0.2) is 6.10 Å². The lowest BCUT2D eigenvalue weighted by atomic mass is 9.96. The van der Waals surface area contributed by atoms with Crippen LogP contribution in [0.25, 0.3) is 0 Å². The highest BCUT2D eigenvalue weighted by molar-refractivity contribution is 5.81. The van der Waals surface area contributed by atoms with Crippen molar-refractivity contribution < 1.29 is 14.3 Å². The van der Waals surface area contributed by atoms with E-state index in [0.717, 1.165) is 23.3 Å². The number of nitrogens with one attached hydrogen (secondary N) is 1. The minimum atomic E-state index is -0.513. The number of methoxy groups -OCH3 is 1. The molecular weight excluding hydrogens is 338 g/mol. The van der Waals surface area contributed by atoms with E-state index >= 15 is 0 Å². The van der Waals surface area contributed by atoms with Crippen molar-refractivity contribution in [2.45, 2.75) is 52.7 Å². The number of rotatable bonds is 9. The second-order valence-electron chi connectivity index (χ2n) is 7.29. The Morgan fingerprint density at radius 1 is 1.00 bits per heavy atom. The summed E-state index contributed by atoms with van der Waals surface area (Å²) in [7, 11) is 1.65. The largest absolute Gasteiger partial charge is 0.497 e. The summed E-state index contributed by atoms with van der Waals surface area (Å²) in [6.45, 7) is 8.30. The quantitative estimate of drug-likeness (QED) is 0.672. The van der Waals surface area contributed by atoms with Crippen LogP contribution < -0.4 is 14.8 Å². The van der Waals surface area contributed by atoms with Gasteiger partial charge in [0.2, 0.25) is 0 Å². The summed E-state index contributed by atoms with van der Waals surface area (Å²) in [5.41, 5.74) is 2.24. The van der Waals surface area contributed by atoms with Crippen molar-refractivity contribution in [3.63, 3.8) is 0 Å². The van der Waals surface area contributed by atoms with Gasteiger partial charge in [0.05, 0.1) is 13.2 Å². The molecule has 0 aromatic heterocycles. The first-order valence-corrected chi connectivity index (χ1v) is 9.60. The van der Waals surface area contributed by atoms with Crippen molar-refractivity contribution in [3.8, 4) is 11.5 Å². The maximum Gasteiger partial charge on any atom is 0.261 e. The average Bonchev–Trinajstić information content (AvgIpc) is 2.66. The smallest absolute Gasteiger partial charge is 0.261 e. The van der Waals surface area contributed by atoms with Crippen molar-refractivity contribution in [1.29, 1.82) is 0 Å². The molecule has 1 N–H and O–H groups in total. The van der Waals surface area contributed by atoms with Gasteiger partial charge >= 0.3 is 0 Å². The van der Waals surface area contributed by atoms with Crippen LogP contribution >= 0.6 is 0 Å². The van der Waals surface area contributed by atoms with Crippen LogP contribution in [0.3, 0.4) is 0 Å². The summed E-state index contributed by atoms with van der Waals surface area (Å²) < 4.78 is 11.2. The Morgan fingerprint density at radius 3 is 2.11 bits per heavy atom. The molecule has 1 amide bonds. The fourth-order valence-electron chi connectivity index (χ4n) is 2.95. The van der Waals surface area contributed by atoms with Gasteiger partial charge in [-0.15, -0.1) is 0 Å². The van der Waals surface area contributed by atoms with Gasteiger partial charge in [-0.2, -0.15) is 0 Å². The molecule has 2 atom stereocenters. The highest BCUT2D eigenvalue weighted by Crippen LogP contribution is 2.24. The Hall–Kier alpha value is -2.49. The minimum Gasteiger partial charge on any atom is -0.497 e. The van der Waals surface area contributed by atoms with Crippen LogP contribution in [0.5, 0.6) is 11.5 Å². The predicted molar refractivity (Wildman–Crippen MR) is 109 cm³/mol. The van der Waals surface area contributed by atoms with E-state index < -0.39 is 6.10 Å². The number of amides is 1. The van der Waals surface area contributed by atoms with Gasteiger partial charge in [-0.3, -0.25) is 4.79 Å². The molecule has 0 bridgehead atoms. The first-order valence-electron chi connectivity index (χ1n) is 9.60. The lowest BCUT2D eigenvalue weighted by Gasteiger charge is -2.24. The fraction of sp³-hybridized carbons (Fsp3) is 0.435. The summed E-state index contributed by atoms with van der Waals surface area (Å²) in [5.74, 6) is 1.89. The van der Waals surface area contributed by atoms with Gasteiger partial charge < -0.3 is 14.8 Å². The topological polar surface area (TPSA) is 47.6 Å². The number of hydrogen-bond acceptors (Lipinski definition) is 3. The van der Waals surface area contributed by atoms with E-state index in [-0.39, 0.29) is 11.9 Å². The highest BCUT2D eigenvalue weighted by atomic mass is 16.5. The SMILES string of the molecule is CC[C@H](Oc1ccc(C)cc1)C(=O)N[C@@H](CC(C)C)c1ccc(OC)cc1. The van der Waals surface area contributed by atoms with Crippen LogP contribution in [0.1, 0.15) is 50.8 Å². The Morgan fingerprint density at radius 2 is 1.59 bits per heavy atom. The molecule has 0 unspecified atom stereocenters. The van der Waals surface area contributed by atoms with Crippen molar-refractivity contribution in [3.05, 3.63) is 59.7 Å². The molecule has 0 spiro atoms. The van der Waals surface area contributed by atoms with Crippen LogP contribution in [0, 0.1) is 12.8 Å². The highest BCUT2D eigenvalue weighted by Gasteiger charge is 2.23. The first kappa shape index (κ1) is 20.8. The maximum atomic E-state index is 12.9. The van der Waals surface area contributed by atoms with Crippen LogP contribution in [0.15, 0.2) is 48.5 Å². The van der Waals surface area contributed by atoms with E-state index in [0.29, 0.717) is 18.1 Å². The standard InChI is InChI=1S/C23H31NO3/c1-6-22(27-20-11-7-17(4)8-12-20)23(25)24-21(15-16(2)3)18-9-13-19(26-5)14-10-18/h7-14,16,21-22H,6,15H2,1-5H3,(H,24,25)/t21-,22-/m0/s1. The Labute approximate surface area is 162 Å². The molecule has 2 aromatic rings. The summed E-state index contributed by atoms with van der Waals surface area (Å²) >= 11 is 0. The Balaban J connectivity index is 2.10. The molecule has 0 radical (unpaired) electrons. The number of carbonyl (C=O) groups excluding carboxylic acids is 1. The first-order chi connectivity index (χ1) is 12.9. The van der Waals surface area contributed by atoms with E-state index in [2.05, 4.69) is 19.2 Å². The fourth-order valence-corrected chi connectivity index (χ4v) is 2.95. The van der Waals surface area contributed by atoms with Crippen molar-refractivity contribution >= 4 is 5.91 Å². The van der Waals surface area contributed by atoms with Gasteiger partial charge in [-0.05, 0) is 55.5 Å². The van der Waals surface area contributed by atoms with Crippen molar-refractivity contribution in [2.24, 2.45) is 5.92 Å². The molecule has 4 heteroatoms. The molecule has 0 aliphatic carbocycles. The Kier molecular flexibility index (Phi) is 7.71. The van der Waals surface area contributed by atoms with Gasteiger partial charge in [-0.1, -0.05) is 50.6 Å². The van der Waals surface area contributed by atoms with E-state index in [1.165, 1.54) is 0 Å². The van der Waals surface area contributed by atoms with Crippen LogP contribution in [0.4, 0.5) is 0 Å². The molecule has 2 rings (SSSR count). The van der Waals surface area contributed by atoms with Crippen molar-refractivity contribution in [1.82, 2.24) is 5.32 Å². The second-order valence-corrected chi connectivity index (χ2v) is 7.29. The number of ether oxygens (including phenoxy) is 2. The summed E-state index contributed by atoms with van der Waals surface area (Å²) in [4.78, 5) is 12.9. The third kappa shape index (κ3) is 6.31. The van der Waals surface area contributed by atoms with Gasteiger partial charge in [-0.25, -0.2) is 0 Å². The molecular formula is C23H31NO3. The summed E-state index contributed by atoms with van der Waals surface area (Å²) in [5, 5.41) is 3.18. The zero-order valence-electron chi connectivity index (χ0n) is 17.0. The van der Waals surface area contributed by atoms with Crippen molar-refractivity contribution in [2.75, 3.05) is 7.11 Å². The second kappa shape index (κ2) is 10.0. The predicted octanol–water partition coefficient (Wildman–Crippen LogP) is 5.06. The Bertz CT molecular complexity index is 707. The monoisotopic (exact) mass is 369 g/mol. The molecule has 2 aromatic carbocycles. The molecule has 4 nitrogen and oxygen atoms in total. The number of carbonyl (C=O) groups is 1. The number of benzene rings is 2. The van der Waals surface area contributed by atoms with Crippen LogP contribution in [-0.2, 0) is 4.79 Å². The summed E-state index contributed by atoms with van der Waals surface area (Å²) in [6, 6.07) is 15.6. The zero-order chi connectivity index (χ0) is 19.8. The normalized spacial score (nSPS) is 13.1. The lowest BCUT2D eigenvalue weighted by molar-refractivity contribution is -0.129. The van der Waals surface area contributed by atoms with E-state index in [9.17, 15) is 4.79 Å². The molecule has 0 saturated carbocycles. The summed E-state index contributed by atoms with van der Waals surface area (Å²) in [6.07, 6.45) is 0.955. The third-order valence-corrected chi connectivity index (χ3v) is 4.50. The lowest BCUT2D eigenvalue weighted by Crippen LogP contribution is -2.40. The van der Waals surface area contributed by atoms with Gasteiger partial charge in [0.25, 0.3) is 5.91 Å². The third-order valence-electron chi connectivity index (χ3n) is 4.50. The van der Waals surface area contributed by atoms with E-state index in [1.807, 2.05) is 62.4 Å². The molecule has 0 aliphatic heterocycles. The average molecular weight is 370 g/mol.